The molecule has 1 heterocycles. The van der Waals surface area contributed by atoms with Gasteiger partial charge in [0.15, 0.2) is 0 Å². The summed E-state index contributed by atoms with van der Waals surface area (Å²) in [6.45, 7) is 3.76. The van der Waals surface area contributed by atoms with E-state index in [1.54, 1.807) is 18.3 Å². The molecule has 0 bridgehead atoms. The van der Waals surface area contributed by atoms with Crippen molar-refractivity contribution in [1.29, 1.82) is 0 Å². The second-order valence-corrected chi connectivity index (χ2v) is 9.42. The number of benzene rings is 3. The Morgan fingerprint density at radius 3 is 2.27 bits per heavy atom. The number of hydrogen-bond acceptors (Lipinski definition) is 4. The molecule has 0 aliphatic heterocycles. The molecule has 33 heavy (non-hydrogen) atoms. The highest BCUT2D eigenvalue weighted by Gasteiger charge is 2.17. The Labute approximate surface area is 193 Å². The van der Waals surface area contributed by atoms with E-state index in [2.05, 4.69) is 20.0 Å². The summed E-state index contributed by atoms with van der Waals surface area (Å²) in [7, 11) is -3.76. The molecule has 0 aliphatic rings. The van der Waals surface area contributed by atoms with Crippen molar-refractivity contribution in [3.63, 3.8) is 0 Å². The van der Waals surface area contributed by atoms with Crippen molar-refractivity contribution in [2.45, 2.75) is 24.8 Å². The van der Waals surface area contributed by atoms with E-state index in [4.69, 9.17) is 0 Å². The van der Waals surface area contributed by atoms with Gasteiger partial charge in [0.1, 0.15) is 5.82 Å². The van der Waals surface area contributed by atoms with Crippen LogP contribution in [-0.4, -0.2) is 24.3 Å². The molecule has 1 amide bonds. The lowest BCUT2D eigenvalue weighted by atomic mass is 10.2. The van der Waals surface area contributed by atoms with Gasteiger partial charge >= 0.3 is 0 Å². The molecule has 0 saturated heterocycles. The number of carbonyl (C=O) groups excluding carboxylic acids is 1. The number of sulfonamides is 1. The van der Waals surface area contributed by atoms with Crippen LogP contribution in [0.15, 0.2) is 90.0 Å². The highest BCUT2D eigenvalue weighted by atomic mass is 32.2. The lowest BCUT2D eigenvalue weighted by molar-refractivity contribution is 0.0938. The number of hydrogen-bond donors (Lipinski definition) is 3. The molecule has 168 valence electrons. The number of nitrogens with zero attached hydrogens (tertiary/aromatic N) is 1. The molecule has 0 saturated carbocycles. The summed E-state index contributed by atoms with van der Waals surface area (Å²) in [5, 5.41) is 2.88. The maximum Gasteiger partial charge on any atom is 0.261 e. The zero-order valence-corrected chi connectivity index (χ0v) is 19.1. The molecule has 0 aliphatic carbocycles. The van der Waals surface area contributed by atoms with E-state index in [9.17, 15) is 13.2 Å². The van der Waals surface area contributed by atoms with Crippen molar-refractivity contribution in [3.8, 4) is 11.3 Å². The van der Waals surface area contributed by atoms with Crippen LogP contribution in [0.4, 0.5) is 5.69 Å². The van der Waals surface area contributed by atoms with E-state index >= 15 is 0 Å². The zero-order valence-electron chi connectivity index (χ0n) is 18.2. The third-order valence-corrected chi connectivity index (χ3v) is 6.57. The topological polar surface area (TPSA) is 104 Å². The molecule has 1 aromatic heterocycles. The van der Waals surface area contributed by atoms with Crippen LogP contribution in [0.5, 0.6) is 0 Å². The van der Waals surface area contributed by atoms with E-state index in [0.29, 0.717) is 17.1 Å². The van der Waals surface area contributed by atoms with Gasteiger partial charge in [0.25, 0.3) is 15.9 Å². The minimum Gasteiger partial charge on any atom is -0.342 e. The van der Waals surface area contributed by atoms with Gasteiger partial charge in [-0.1, -0.05) is 48.0 Å². The fourth-order valence-electron chi connectivity index (χ4n) is 3.29. The number of anilines is 1. The average Bonchev–Trinajstić information content (AvgIpc) is 3.32. The van der Waals surface area contributed by atoms with E-state index in [1.165, 1.54) is 24.3 Å². The van der Waals surface area contributed by atoms with Gasteiger partial charge in [-0.25, -0.2) is 13.4 Å². The summed E-state index contributed by atoms with van der Waals surface area (Å²) < 4.78 is 27.8. The molecule has 4 rings (SSSR count). The molecule has 0 fully saturated rings. The number of carbonyl (C=O) groups is 1. The summed E-state index contributed by atoms with van der Waals surface area (Å²) in [5.41, 5.74) is 3.73. The molecule has 3 aromatic carbocycles. The zero-order chi connectivity index (χ0) is 23.4. The summed E-state index contributed by atoms with van der Waals surface area (Å²) in [5.74, 6) is 0.305. The summed E-state index contributed by atoms with van der Waals surface area (Å²) >= 11 is 0. The molecule has 3 N–H and O–H groups in total. The minimum atomic E-state index is -3.76. The average molecular weight is 461 g/mol. The minimum absolute atomic E-state index is 0.0752. The second kappa shape index (κ2) is 9.30. The van der Waals surface area contributed by atoms with Crippen LogP contribution >= 0.6 is 0 Å². The molecule has 4 aromatic rings. The van der Waals surface area contributed by atoms with Gasteiger partial charge < -0.3 is 10.3 Å². The van der Waals surface area contributed by atoms with Gasteiger partial charge in [-0.05, 0) is 55.8 Å². The summed E-state index contributed by atoms with van der Waals surface area (Å²) in [6, 6.07) is 22.3. The number of nitrogens with one attached hydrogen (secondary N) is 3. The molecule has 8 heteroatoms. The van der Waals surface area contributed by atoms with Crippen LogP contribution in [-0.2, 0) is 10.0 Å². The quantitative estimate of drug-likeness (QED) is 0.373. The van der Waals surface area contributed by atoms with Crippen molar-refractivity contribution in [2.24, 2.45) is 0 Å². The first kappa shape index (κ1) is 22.3. The summed E-state index contributed by atoms with van der Waals surface area (Å²) in [4.78, 5) is 20.3. The molecular formula is C25H24N4O3S. The maximum atomic E-state index is 12.7. The van der Waals surface area contributed by atoms with Crippen molar-refractivity contribution in [3.05, 3.63) is 102 Å². The Hall–Kier alpha value is -3.91. The molecule has 1 atom stereocenters. The van der Waals surface area contributed by atoms with Crippen LogP contribution in [0.25, 0.3) is 11.3 Å². The Bertz CT molecular complexity index is 1350. The van der Waals surface area contributed by atoms with E-state index < -0.39 is 10.0 Å². The van der Waals surface area contributed by atoms with Crippen LogP contribution < -0.4 is 10.0 Å². The number of imidazole rings is 1. The first-order valence-electron chi connectivity index (χ1n) is 10.4. The van der Waals surface area contributed by atoms with Crippen LogP contribution in [0.1, 0.15) is 34.7 Å². The van der Waals surface area contributed by atoms with E-state index in [0.717, 1.165) is 16.8 Å². The Morgan fingerprint density at radius 2 is 1.61 bits per heavy atom. The lowest BCUT2D eigenvalue weighted by Gasteiger charge is -2.12. The van der Waals surface area contributed by atoms with Gasteiger partial charge in [-0.2, -0.15) is 0 Å². The predicted octanol–water partition coefficient (Wildman–Crippen LogP) is 4.68. The fourth-order valence-corrected chi connectivity index (χ4v) is 4.35. The molecule has 1 unspecified atom stereocenters. The van der Waals surface area contributed by atoms with Crippen molar-refractivity contribution < 1.29 is 13.2 Å². The first-order valence-corrected chi connectivity index (χ1v) is 11.9. The Morgan fingerprint density at radius 1 is 0.939 bits per heavy atom. The normalized spacial score (nSPS) is 12.2. The molecule has 7 nitrogen and oxygen atoms in total. The number of aryl methyl sites for hydroxylation is 1. The smallest absolute Gasteiger partial charge is 0.261 e. The lowest BCUT2D eigenvalue weighted by Crippen LogP contribution is -2.27. The van der Waals surface area contributed by atoms with Gasteiger partial charge in [-0.3, -0.25) is 9.52 Å². The van der Waals surface area contributed by atoms with E-state index in [-0.39, 0.29) is 16.8 Å². The highest BCUT2D eigenvalue weighted by Crippen LogP contribution is 2.20. The van der Waals surface area contributed by atoms with Crippen LogP contribution in [0.2, 0.25) is 0 Å². The van der Waals surface area contributed by atoms with Crippen molar-refractivity contribution in [1.82, 2.24) is 15.3 Å². The number of H-pyrrole nitrogens is 1. The molecule has 0 radical (unpaired) electrons. The van der Waals surface area contributed by atoms with Crippen molar-refractivity contribution in [2.75, 3.05) is 4.72 Å². The van der Waals surface area contributed by atoms with Gasteiger partial charge in [0.05, 0.1) is 22.8 Å². The van der Waals surface area contributed by atoms with Gasteiger partial charge in [0.2, 0.25) is 0 Å². The first-order chi connectivity index (χ1) is 15.8. The molecule has 0 spiro atoms. The van der Waals surface area contributed by atoms with Crippen LogP contribution in [0.3, 0.4) is 0 Å². The standard InChI is InChI=1S/C25H24N4O3S/c1-17-8-12-21(13-9-17)29-33(31,32)22-14-10-20(11-15-22)25(30)27-18(2)24-26-16-23(28-24)19-6-4-3-5-7-19/h3-16,18,29H,1-2H3,(H,26,28)(H,27,30). The largest absolute Gasteiger partial charge is 0.342 e. The van der Waals surface area contributed by atoms with Crippen molar-refractivity contribution >= 4 is 21.6 Å². The number of aromatic amines is 1. The Kier molecular flexibility index (Phi) is 6.28. The fraction of sp³-hybridized carbons (Fsp3) is 0.120. The number of rotatable bonds is 7. The number of amides is 1. The third-order valence-electron chi connectivity index (χ3n) is 5.17. The summed E-state index contributed by atoms with van der Waals surface area (Å²) in [6.07, 6.45) is 1.73. The SMILES string of the molecule is Cc1ccc(NS(=O)(=O)c2ccc(C(=O)NC(C)c3ncc(-c4ccccc4)[nH]3)cc2)cc1. The highest BCUT2D eigenvalue weighted by molar-refractivity contribution is 7.92. The van der Waals surface area contributed by atoms with Gasteiger partial charge in [-0.15, -0.1) is 0 Å². The third kappa shape index (κ3) is 5.30. The van der Waals surface area contributed by atoms with Gasteiger partial charge in [0, 0.05) is 11.3 Å². The van der Waals surface area contributed by atoms with E-state index in [1.807, 2.05) is 56.3 Å². The van der Waals surface area contributed by atoms with Crippen LogP contribution in [0, 0.1) is 6.92 Å². The molecular weight excluding hydrogens is 436 g/mol. The second-order valence-electron chi connectivity index (χ2n) is 7.74. The Balaban J connectivity index is 1.42. The number of aromatic nitrogens is 2. The maximum absolute atomic E-state index is 12.7. The monoisotopic (exact) mass is 460 g/mol. The predicted molar refractivity (Wildman–Crippen MR) is 128 cm³/mol.